The molecule has 0 spiro atoms. The highest BCUT2D eigenvalue weighted by Crippen LogP contribution is 2.52. The van der Waals surface area contributed by atoms with Gasteiger partial charge >= 0.3 is 5.97 Å². The quantitative estimate of drug-likeness (QED) is 0.761. The van der Waals surface area contributed by atoms with Crippen LogP contribution in [0.5, 0.6) is 0 Å². The van der Waals surface area contributed by atoms with Crippen LogP contribution in [0.3, 0.4) is 0 Å². The summed E-state index contributed by atoms with van der Waals surface area (Å²) in [5.74, 6) is -2.32. The van der Waals surface area contributed by atoms with Crippen molar-refractivity contribution < 1.29 is 27.9 Å². The van der Waals surface area contributed by atoms with Crippen LogP contribution in [0.4, 0.5) is 5.69 Å². The van der Waals surface area contributed by atoms with Crippen molar-refractivity contribution in [3.05, 3.63) is 24.3 Å². The number of amides is 1. The Labute approximate surface area is 163 Å². The van der Waals surface area contributed by atoms with E-state index in [2.05, 4.69) is 5.32 Å². The van der Waals surface area contributed by atoms with Gasteiger partial charge in [-0.1, -0.05) is 6.07 Å². The van der Waals surface area contributed by atoms with Crippen LogP contribution in [-0.4, -0.2) is 56.0 Å². The molecular weight excluding hydrogens is 384 g/mol. The first-order valence-electron chi connectivity index (χ1n) is 9.59. The Morgan fingerprint density at radius 2 is 1.79 bits per heavy atom. The van der Waals surface area contributed by atoms with Crippen LogP contribution in [-0.2, 0) is 24.3 Å². The second kappa shape index (κ2) is 7.46. The van der Waals surface area contributed by atoms with E-state index in [0.717, 1.165) is 19.3 Å². The first-order chi connectivity index (χ1) is 13.4. The van der Waals surface area contributed by atoms with Crippen molar-refractivity contribution in [3.8, 4) is 0 Å². The highest BCUT2D eigenvalue weighted by Gasteiger charge is 2.54. The smallest absolute Gasteiger partial charge is 0.307 e. The average Bonchev–Trinajstić information content (AvgIpc) is 3.30. The van der Waals surface area contributed by atoms with Crippen molar-refractivity contribution in [3.63, 3.8) is 0 Å². The number of carboxylic acid groups (broad SMARTS) is 1. The predicted octanol–water partition coefficient (Wildman–Crippen LogP) is 1.39. The fourth-order valence-corrected chi connectivity index (χ4v) is 6.37. The number of carbonyl (C=O) groups is 2. The Balaban J connectivity index is 1.52. The van der Waals surface area contributed by atoms with Gasteiger partial charge in [-0.3, -0.25) is 9.59 Å². The van der Waals surface area contributed by atoms with Gasteiger partial charge in [-0.2, -0.15) is 4.31 Å². The Hall–Kier alpha value is -1.97. The van der Waals surface area contributed by atoms with Gasteiger partial charge in [0.15, 0.2) is 0 Å². The third-order valence-corrected chi connectivity index (χ3v) is 8.11. The highest BCUT2D eigenvalue weighted by molar-refractivity contribution is 7.89. The Morgan fingerprint density at radius 1 is 1.11 bits per heavy atom. The molecule has 2 bridgehead atoms. The van der Waals surface area contributed by atoms with Crippen molar-refractivity contribution in [1.29, 1.82) is 0 Å². The van der Waals surface area contributed by atoms with Gasteiger partial charge in [0.05, 0.1) is 29.9 Å². The molecule has 3 aliphatic rings. The number of rotatable bonds is 5. The lowest BCUT2D eigenvalue weighted by atomic mass is 9.78. The van der Waals surface area contributed by atoms with E-state index in [4.69, 9.17) is 4.74 Å². The summed E-state index contributed by atoms with van der Waals surface area (Å²) >= 11 is 0. The molecule has 1 heterocycles. The molecule has 2 N–H and O–H groups in total. The molecule has 28 heavy (non-hydrogen) atoms. The summed E-state index contributed by atoms with van der Waals surface area (Å²) in [5, 5.41) is 12.3. The van der Waals surface area contributed by atoms with Crippen LogP contribution in [0.15, 0.2) is 29.2 Å². The molecule has 2 aliphatic carbocycles. The van der Waals surface area contributed by atoms with E-state index in [1.165, 1.54) is 16.4 Å². The normalized spacial score (nSPS) is 30.3. The molecule has 1 aliphatic heterocycles. The lowest BCUT2D eigenvalue weighted by Gasteiger charge is -2.27. The van der Waals surface area contributed by atoms with Crippen LogP contribution in [0.2, 0.25) is 0 Å². The number of hydrogen-bond donors (Lipinski definition) is 2. The summed E-state index contributed by atoms with van der Waals surface area (Å²) in [5.41, 5.74) is 0.367. The summed E-state index contributed by atoms with van der Waals surface area (Å²) < 4.78 is 32.2. The van der Waals surface area contributed by atoms with Crippen molar-refractivity contribution in [2.75, 3.05) is 31.6 Å². The third-order valence-electron chi connectivity index (χ3n) is 6.21. The number of aliphatic carboxylic acids is 1. The molecule has 1 saturated heterocycles. The molecule has 1 amide bonds. The van der Waals surface area contributed by atoms with Crippen LogP contribution < -0.4 is 5.32 Å². The number of nitrogens with zero attached hydrogens (tertiary/aromatic N) is 1. The van der Waals surface area contributed by atoms with Gasteiger partial charge in [0.2, 0.25) is 15.9 Å². The van der Waals surface area contributed by atoms with Crippen LogP contribution in [0.1, 0.15) is 19.3 Å². The third kappa shape index (κ3) is 3.42. The fourth-order valence-electron chi connectivity index (χ4n) is 4.92. The largest absolute Gasteiger partial charge is 0.481 e. The summed E-state index contributed by atoms with van der Waals surface area (Å²) in [6.45, 7) is 1.31. The van der Waals surface area contributed by atoms with E-state index >= 15 is 0 Å². The van der Waals surface area contributed by atoms with Gasteiger partial charge in [0.1, 0.15) is 0 Å². The van der Waals surface area contributed by atoms with E-state index in [-0.39, 0.29) is 22.6 Å². The molecule has 1 aromatic carbocycles. The van der Waals surface area contributed by atoms with Crippen molar-refractivity contribution in [2.45, 2.75) is 24.2 Å². The maximum atomic E-state index is 12.8. The molecule has 0 unspecified atom stereocenters. The number of anilines is 1. The molecule has 4 rings (SSSR count). The van der Waals surface area contributed by atoms with Gasteiger partial charge in [0.25, 0.3) is 0 Å². The predicted molar refractivity (Wildman–Crippen MR) is 100 cm³/mol. The monoisotopic (exact) mass is 408 g/mol. The summed E-state index contributed by atoms with van der Waals surface area (Å²) in [7, 11) is -3.66. The van der Waals surface area contributed by atoms with Gasteiger partial charge in [-0.05, 0) is 49.3 Å². The maximum absolute atomic E-state index is 12.8. The van der Waals surface area contributed by atoms with E-state index in [9.17, 15) is 23.1 Å². The zero-order valence-corrected chi connectivity index (χ0v) is 16.2. The van der Waals surface area contributed by atoms with Gasteiger partial charge in [-0.15, -0.1) is 0 Å². The number of sulfonamides is 1. The zero-order valence-electron chi connectivity index (χ0n) is 15.4. The Morgan fingerprint density at radius 3 is 2.46 bits per heavy atom. The first-order valence-corrected chi connectivity index (χ1v) is 11.0. The lowest BCUT2D eigenvalue weighted by Crippen LogP contribution is -2.40. The molecule has 4 atom stereocenters. The molecule has 0 radical (unpaired) electrons. The van der Waals surface area contributed by atoms with E-state index < -0.39 is 27.8 Å². The molecule has 2 saturated carbocycles. The first kappa shape index (κ1) is 19.4. The standard InChI is InChI=1S/C19H24N2O6S/c22-18(16-12-4-5-13(10-12)17(16)19(23)24)20-14-2-1-3-15(11-14)28(25,26)21-6-8-27-9-7-21/h1-3,11-13,16-17H,4-10H2,(H,20,22)(H,23,24)/t12-,13-,16-,17+/m0/s1. The van der Waals surface area contributed by atoms with Crippen LogP contribution in [0.25, 0.3) is 0 Å². The fraction of sp³-hybridized carbons (Fsp3) is 0.579. The molecule has 1 aromatic rings. The number of ether oxygens (including phenoxy) is 1. The maximum Gasteiger partial charge on any atom is 0.307 e. The lowest BCUT2D eigenvalue weighted by molar-refractivity contribution is -0.148. The molecule has 152 valence electrons. The number of benzene rings is 1. The van der Waals surface area contributed by atoms with Gasteiger partial charge < -0.3 is 15.2 Å². The van der Waals surface area contributed by atoms with E-state index in [1.54, 1.807) is 12.1 Å². The Bertz CT molecular complexity index is 880. The molecule has 8 nitrogen and oxygen atoms in total. The second-order valence-electron chi connectivity index (χ2n) is 7.76. The number of hydrogen-bond acceptors (Lipinski definition) is 5. The molecule has 9 heteroatoms. The van der Waals surface area contributed by atoms with Crippen LogP contribution >= 0.6 is 0 Å². The van der Waals surface area contributed by atoms with Crippen molar-refractivity contribution in [1.82, 2.24) is 4.31 Å². The number of fused-ring (bicyclic) bond motifs is 2. The summed E-state index contributed by atoms with van der Waals surface area (Å²) in [6.07, 6.45) is 2.51. The molecule has 3 fully saturated rings. The topological polar surface area (TPSA) is 113 Å². The summed E-state index contributed by atoms with van der Waals surface area (Å²) in [6, 6.07) is 6.14. The van der Waals surface area contributed by atoms with E-state index in [1.807, 2.05) is 0 Å². The van der Waals surface area contributed by atoms with Crippen molar-refractivity contribution >= 4 is 27.6 Å². The minimum atomic E-state index is -3.66. The minimum Gasteiger partial charge on any atom is -0.481 e. The molecule has 0 aromatic heterocycles. The average molecular weight is 408 g/mol. The highest BCUT2D eigenvalue weighted by atomic mass is 32.2. The van der Waals surface area contributed by atoms with Gasteiger partial charge in [-0.25, -0.2) is 8.42 Å². The number of nitrogens with one attached hydrogen (secondary N) is 1. The second-order valence-corrected chi connectivity index (χ2v) is 9.69. The molecular formula is C19H24N2O6S. The number of morpholine rings is 1. The van der Waals surface area contributed by atoms with Crippen LogP contribution in [0, 0.1) is 23.7 Å². The SMILES string of the molecule is O=C(O)[C@@H]1[C@H]2CC[C@@H](C2)[C@@H]1C(=O)Nc1cccc(S(=O)(=O)N2CCOCC2)c1. The van der Waals surface area contributed by atoms with E-state index in [0.29, 0.717) is 32.0 Å². The summed E-state index contributed by atoms with van der Waals surface area (Å²) in [4.78, 5) is 24.6. The Kier molecular flexibility index (Phi) is 5.15. The van der Waals surface area contributed by atoms with Crippen molar-refractivity contribution in [2.24, 2.45) is 23.7 Å². The number of carboxylic acids is 1. The minimum absolute atomic E-state index is 0.0614. The number of carbonyl (C=O) groups excluding carboxylic acids is 1. The zero-order chi connectivity index (χ0) is 19.9. The van der Waals surface area contributed by atoms with Gasteiger partial charge in [0, 0.05) is 18.8 Å².